The predicted octanol–water partition coefficient (Wildman–Crippen LogP) is 3.27. The summed E-state index contributed by atoms with van der Waals surface area (Å²) in [6.07, 6.45) is 2.64. The lowest BCUT2D eigenvalue weighted by Crippen LogP contribution is -2.41. The Morgan fingerprint density at radius 3 is 2.94 bits per heavy atom. The summed E-state index contributed by atoms with van der Waals surface area (Å²) in [5.74, 6) is 0.794. The van der Waals surface area contributed by atoms with Gasteiger partial charge in [-0.2, -0.15) is 0 Å². The Bertz CT molecular complexity index is 375. The SMILES string of the molecule is CC1CCC(C)N(c2nc(CNC(C)C)cs2)C1. The van der Waals surface area contributed by atoms with Crippen molar-refractivity contribution in [1.82, 2.24) is 10.3 Å². The number of piperidine rings is 1. The zero-order valence-corrected chi connectivity index (χ0v) is 12.8. The van der Waals surface area contributed by atoms with Gasteiger partial charge < -0.3 is 10.2 Å². The first-order valence-corrected chi connectivity index (χ1v) is 7.88. The second-order valence-corrected chi connectivity index (χ2v) is 6.68. The highest BCUT2D eigenvalue weighted by atomic mass is 32.1. The van der Waals surface area contributed by atoms with Crippen molar-refractivity contribution in [2.24, 2.45) is 5.92 Å². The van der Waals surface area contributed by atoms with Crippen LogP contribution in [-0.4, -0.2) is 23.6 Å². The van der Waals surface area contributed by atoms with Crippen LogP contribution in [0.2, 0.25) is 0 Å². The topological polar surface area (TPSA) is 28.2 Å². The van der Waals surface area contributed by atoms with Crippen LogP contribution in [0.3, 0.4) is 0 Å². The van der Waals surface area contributed by atoms with Gasteiger partial charge in [0.05, 0.1) is 5.69 Å². The van der Waals surface area contributed by atoms with E-state index in [-0.39, 0.29) is 0 Å². The Kier molecular flexibility index (Phi) is 4.62. The molecule has 4 heteroatoms. The lowest BCUT2D eigenvalue weighted by molar-refractivity contribution is 0.390. The molecule has 0 amide bonds. The molecule has 18 heavy (non-hydrogen) atoms. The van der Waals surface area contributed by atoms with Crippen molar-refractivity contribution in [1.29, 1.82) is 0 Å². The first-order chi connectivity index (χ1) is 8.56. The molecule has 2 unspecified atom stereocenters. The number of aromatic nitrogens is 1. The maximum atomic E-state index is 4.77. The maximum Gasteiger partial charge on any atom is 0.185 e. The fourth-order valence-corrected chi connectivity index (χ4v) is 3.31. The number of nitrogens with zero attached hydrogens (tertiary/aromatic N) is 2. The monoisotopic (exact) mass is 267 g/mol. The molecule has 1 N–H and O–H groups in total. The minimum absolute atomic E-state index is 0.518. The van der Waals surface area contributed by atoms with Crippen molar-refractivity contribution in [2.45, 2.75) is 59.2 Å². The molecule has 1 saturated heterocycles. The van der Waals surface area contributed by atoms with E-state index in [1.807, 2.05) is 0 Å². The summed E-state index contributed by atoms with van der Waals surface area (Å²) >= 11 is 1.79. The van der Waals surface area contributed by atoms with Crippen molar-refractivity contribution < 1.29 is 0 Å². The van der Waals surface area contributed by atoms with Crippen LogP contribution in [0.15, 0.2) is 5.38 Å². The van der Waals surface area contributed by atoms with E-state index in [1.54, 1.807) is 11.3 Å². The average molecular weight is 267 g/mol. The largest absolute Gasteiger partial charge is 0.345 e. The maximum absolute atomic E-state index is 4.77. The minimum atomic E-state index is 0.518. The van der Waals surface area contributed by atoms with Gasteiger partial charge in [0.2, 0.25) is 0 Å². The molecule has 0 bridgehead atoms. The lowest BCUT2D eigenvalue weighted by Gasteiger charge is -2.36. The summed E-state index contributed by atoms with van der Waals surface area (Å²) in [5, 5.41) is 6.82. The Balaban J connectivity index is 1.99. The number of hydrogen-bond donors (Lipinski definition) is 1. The fraction of sp³-hybridized carbons (Fsp3) is 0.786. The first-order valence-electron chi connectivity index (χ1n) is 7.00. The average Bonchev–Trinajstić information content (AvgIpc) is 2.78. The quantitative estimate of drug-likeness (QED) is 0.907. The standard InChI is InChI=1S/C14H25N3S/c1-10(2)15-7-13-9-18-14(16-13)17-8-11(3)5-6-12(17)4/h9-12,15H,5-8H2,1-4H3. The third kappa shape index (κ3) is 3.45. The second-order valence-electron chi connectivity index (χ2n) is 5.84. The summed E-state index contributed by atoms with van der Waals surface area (Å²) in [4.78, 5) is 7.26. The number of thiazole rings is 1. The molecule has 1 aromatic rings. The van der Waals surface area contributed by atoms with E-state index in [0.717, 1.165) is 19.0 Å². The summed E-state index contributed by atoms with van der Waals surface area (Å²) in [5.41, 5.74) is 1.18. The number of hydrogen-bond acceptors (Lipinski definition) is 4. The van der Waals surface area contributed by atoms with Gasteiger partial charge in [0.1, 0.15) is 0 Å². The van der Waals surface area contributed by atoms with E-state index in [1.165, 1.54) is 23.7 Å². The van der Waals surface area contributed by atoms with E-state index < -0.39 is 0 Å². The molecular weight excluding hydrogens is 242 g/mol. The Morgan fingerprint density at radius 1 is 1.44 bits per heavy atom. The van der Waals surface area contributed by atoms with Crippen molar-refractivity contribution >= 4 is 16.5 Å². The molecule has 1 aromatic heterocycles. The summed E-state index contributed by atoms with van der Waals surface area (Å²) in [7, 11) is 0. The molecule has 0 aliphatic carbocycles. The van der Waals surface area contributed by atoms with Gasteiger partial charge in [0.15, 0.2) is 5.13 Å². The zero-order chi connectivity index (χ0) is 13.1. The van der Waals surface area contributed by atoms with Crippen LogP contribution in [0, 0.1) is 5.92 Å². The molecular formula is C14H25N3S. The molecule has 2 atom stereocenters. The van der Waals surface area contributed by atoms with E-state index >= 15 is 0 Å². The molecule has 1 aliphatic rings. The molecule has 1 aliphatic heterocycles. The van der Waals surface area contributed by atoms with Gasteiger partial charge in [-0.15, -0.1) is 11.3 Å². The van der Waals surface area contributed by atoms with Gasteiger partial charge in [-0.25, -0.2) is 4.98 Å². The summed E-state index contributed by atoms with van der Waals surface area (Å²) in [6, 6.07) is 1.15. The van der Waals surface area contributed by atoms with Crippen LogP contribution in [0.5, 0.6) is 0 Å². The zero-order valence-electron chi connectivity index (χ0n) is 11.9. The molecule has 0 radical (unpaired) electrons. The molecule has 1 fully saturated rings. The molecule has 3 nitrogen and oxygen atoms in total. The van der Waals surface area contributed by atoms with E-state index in [9.17, 15) is 0 Å². The van der Waals surface area contributed by atoms with Gasteiger partial charge in [-0.3, -0.25) is 0 Å². The van der Waals surface area contributed by atoms with Crippen LogP contribution < -0.4 is 10.2 Å². The summed E-state index contributed by atoms with van der Waals surface area (Å²) < 4.78 is 0. The highest BCUT2D eigenvalue weighted by molar-refractivity contribution is 7.13. The van der Waals surface area contributed by atoms with Gasteiger partial charge in [-0.05, 0) is 25.7 Å². The van der Waals surface area contributed by atoms with Gasteiger partial charge in [-0.1, -0.05) is 20.8 Å². The van der Waals surface area contributed by atoms with Crippen LogP contribution in [-0.2, 0) is 6.54 Å². The molecule has 0 spiro atoms. The van der Waals surface area contributed by atoms with E-state index in [0.29, 0.717) is 12.1 Å². The number of rotatable bonds is 4. The normalized spacial score (nSPS) is 24.8. The van der Waals surface area contributed by atoms with Crippen LogP contribution in [0.25, 0.3) is 0 Å². The molecule has 0 saturated carbocycles. The van der Waals surface area contributed by atoms with Crippen LogP contribution in [0.1, 0.15) is 46.2 Å². The molecule has 2 heterocycles. The minimum Gasteiger partial charge on any atom is -0.345 e. The lowest BCUT2D eigenvalue weighted by atomic mass is 9.96. The van der Waals surface area contributed by atoms with Crippen molar-refractivity contribution in [3.8, 4) is 0 Å². The molecule has 2 rings (SSSR count). The van der Waals surface area contributed by atoms with Crippen LogP contribution >= 0.6 is 11.3 Å². The molecule has 0 aromatic carbocycles. The fourth-order valence-electron chi connectivity index (χ4n) is 2.37. The Hall–Kier alpha value is -0.610. The first kappa shape index (κ1) is 13.8. The highest BCUT2D eigenvalue weighted by Gasteiger charge is 2.24. The van der Waals surface area contributed by atoms with Gasteiger partial charge in [0.25, 0.3) is 0 Å². The number of nitrogens with one attached hydrogen (secondary N) is 1. The van der Waals surface area contributed by atoms with Gasteiger partial charge in [0, 0.05) is 30.6 Å². The third-order valence-electron chi connectivity index (χ3n) is 3.59. The summed E-state index contributed by atoms with van der Waals surface area (Å²) in [6.45, 7) is 11.0. The van der Waals surface area contributed by atoms with E-state index in [2.05, 4.69) is 43.3 Å². The third-order valence-corrected chi connectivity index (χ3v) is 4.52. The highest BCUT2D eigenvalue weighted by Crippen LogP contribution is 2.29. The van der Waals surface area contributed by atoms with Crippen molar-refractivity contribution in [3.63, 3.8) is 0 Å². The molecule has 102 valence electrons. The second kappa shape index (κ2) is 6.02. The smallest absolute Gasteiger partial charge is 0.185 e. The van der Waals surface area contributed by atoms with E-state index in [4.69, 9.17) is 4.98 Å². The Labute approximate surface area is 115 Å². The predicted molar refractivity (Wildman–Crippen MR) is 79.3 cm³/mol. The Morgan fingerprint density at radius 2 is 2.22 bits per heavy atom. The van der Waals surface area contributed by atoms with Gasteiger partial charge >= 0.3 is 0 Å². The van der Waals surface area contributed by atoms with Crippen molar-refractivity contribution in [2.75, 3.05) is 11.4 Å². The van der Waals surface area contributed by atoms with Crippen molar-refractivity contribution in [3.05, 3.63) is 11.1 Å². The number of anilines is 1. The van der Waals surface area contributed by atoms with Crippen LogP contribution in [0.4, 0.5) is 5.13 Å².